The quantitative estimate of drug-likeness (QED) is 0.166. The molecule has 0 bridgehead atoms. The summed E-state index contributed by atoms with van der Waals surface area (Å²) in [6.45, 7) is 1.91. The van der Waals surface area contributed by atoms with Gasteiger partial charge in [-0.05, 0) is 36.8 Å². The lowest BCUT2D eigenvalue weighted by molar-refractivity contribution is -0.130. The molecule has 172 valence electrons. The molecule has 0 saturated carbocycles. The van der Waals surface area contributed by atoms with Crippen LogP contribution in [-0.2, 0) is 4.79 Å². The molecule has 3 aromatic rings. The van der Waals surface area contributed by atoms with Crippen LogP contribution >= 0.6 is 46.4 Å². The van der Waals surface area contributed by atoms with Crippen molar-refractivity contribution >= 4 is 69.8 Å². The van der Waals surface area contributed by atoms with Crippen molar-refractivity contribution < 1.29 is 18.8 Å². The highest BCUT2D eigenvalue weighted by molar-refractivity contribution is 6.55. The first-order valence-corrected chi connectivity index (χ1v) is 11.5. The third-order valence-electron chi connectivity index (χ3n) is 6.00. The second-order valence-corrected chi connectivity index (χ2v) is 9.48. The average Bonchev–Trinajstić information content (AvgIpc) is 3.07. The average molecular weight is 538 g/mol. The molecule has 3 aromatic carbocycles. The maximum atomic E-state index is 13.6. The van der Waals surface area contributed by atoms with Gasteiger partial charge in [0, 0.05) is 5.69 Å². The van der Waals surface area contributed by atoms with Crippen LogP contribution in [0.3, 0.4) is 0 Å². The Labute approximate surface area is 213 Å². The van der Waals surface area contributed by atoms with Gasteiger partial charge in [-0.2, -0.15) is 0 Å². The number of benzene rings is 3. The Kier molecular flexibility index (Phi) is 5.60. The molecule has 0 spiro atoms. The molecule has 0 radical (unpaired) electrons. The molecular formula is C24H13Cl4FN2O3. The normalized spacial score (nSPS) is 19.5. The van der Waals surface area contributed by atoms with Crippen LogP contribution in [0.1, 0.15) is 37.9 Å². The van der Waals surface area contributed by atoms with Crippen LogP contribution < -0.4 is 4.90 Å². The Bertz CT molecular complexity index is 1350. The second kappa shape index (κ2) is 8.24. The van der Waals surface area contributed by atoms with Gasteiger partial charge in [-0.1, -0.05) is 76.2 Å². The smallest absolute Gasteiger partial charge is 0.264 e. The minimum atomic E-state index is -1.20. The van der Waals surface area contributed by atoms with E-state index in [2.05, 4.69) is 0 Å². The van der Waals surface area contributed by atoms with E-state index in [9.17, 15) is 18.8 Å². The fraction of sp³-hybridized carbons (Fsp3) is 0.125. The number of rotatable bonds is 3. The van der Waals surface area contributed by atoms with E-state index < -0.39 is 35.6 Å². The van der Waals surface area contributed by atoms with Crippen LogP contribution in [0.2, 0.25) is 20.1 Å². The number of anilines is 1. The predicted molar refractivity (Wildman–Crippen MR) is 129 cm³/mol. The molecule has 0 N–H and O–H groups in total. The van der Waals surface area contributed by atoms with Crippen LogP contribution in [0.4, 0.5) is 10.1 Å². The molecule has 10 heteroatoms. The Balaban J connectivity index is 1.63. The summed E-state index contributed by atoms with van der Waals surface area (Å²) in [5.41, 5.74) is 1.69. The number of amides is 3. The molecule has 1 fully saturated rings. The zero-order valence-corrected chi connectivity index (χ0v) is 20.3. The molecule has 3 amide bonds. The Morgan fingerprint density at radius 3 is 1.68 bits per heavy atom. The summed E-state index contributed by atoms with van der Waals surface area (Å²) >= 11 is 24.7. The molecule has 34 heavy (non-hydrogen) atoms. The van der Waals surface area contributed by atoms with Crippen LogP contribution in [0, 0.1) is 12.7 Å². The van der Waals surface area contributed by atoms with Crippen molar-refractivity contribution in [1.29, 1.82) is 0 Å². The van der Waals surface area contributed by atoms with Crippen LogP contribution in [0.15, 0.2) is 48.5 Å². The summed E-state index contributed by atoms with van der Waals surface area (Å²) in [6.07, 6.45) is 0. The highest BCUT2D eigenvalue weighted by Crippen LogP contribution is 2.49. The van der Waals surface area contributed by atoms with Gasteiger partial charge < -0.3 is 4.90 Å². The van der Waals surface area contributed by atoms with E-state index in [0.29, 0.717) is 11.3 Å². The van der Waals surface area contributed by atoms with E-state index in [1.165, 1.54) is 29.2 Å². The number of fused-ring (bicyclic) bond motifs is 1. The topological polar surface area (TPSA) is 57.7 Å². The number of imide groups is 1. The number of hydrogen-bond donors (Lipinski definition) is 0. The fourth-order valence-corrected chi connectivity index (χ4v) is 5.34. The Morgan fingerprint density at radius 1 is 0.676 bits per heavy atom. The lowest BCUT2D eigenvalue weighted by Gasteiger charge is -2.49. The first-order chi connectivity index (χ1) is 16.1. The third kappa shape index (κ3) is 3.24. The summed E-state index contributed by atoms with van der Waals surface area (Å²) in [5.74, 6) is -2.56. The lowest BCUT2D eigenvalue weighted by Crippen LogP contribution is -2.67. The summed E-state index contributed by atoms with van der Waals surface area (Å²) < 4.78 is 13.6. The monoisotopic (exact) mass is 536 g/mol. The van der Waals surface area contributed by atoms with Gasteiger partial charge >= 0.3 is 0 Å². The Hall–Kier alpha value is -2.64. The van der Waals surface area contributed by atoms with E-state index in [4.69, 9.17) is 46.4 Å². The van der Waals surface area contributed by atoms with Gasteiger partial charge in [-0.15, -0.1) is 0 Å². The number of β-lactam (4-membered cyclic amide) rings is 1. The van der Waals surface area contributed by atoms with Crippen molar-refractivity contribution in [1.82, 2.24) is 4.90 Å². The molecule has 1 saturated heterocycles. The molecule has 2 aliphatic heterocycles. The standard InChI is InChI=1S/C24H13Cl4FN2O3/c1-10-2-8-13(9-3-10)30-20(11-4-6-12(29)7-5-11)21(24(30)34)31-22(32)14-15(23(31)33)17(26)19(28)18(27)16(14)25/h2-9,20-21H,1H3/t20-,21+/m0/s1. The van der Waals surface area contributed by atoms with Gasteiger partial charge in [-0.3, -0.25) is 19.3 Å². The van der Waals surface area contributed by atoms with E-state index in [0.717, 1.165) is 10.5 Å². The number of aryl methyl sites for hydroxylation is 1. The molecule has 5 rings (SSSR count). The van der Waals surface area contributed by atoms with Gasteiger partial charge in [0.1, 0.15) is 11.9 Å². The maximum Gasteiger partial charge on any atom is 0.264 e. The maximum absolute atomic E-state index is 13.6. The van der Waals surface area contributed by atoms with E-state index in [-0.39, 0.29) is 31.2 Å². The molecule has 0 aromatic heterocycles. The van der Waals surface area contributed by atoms with Crippen LogP contribution in [0.25, 0.3) is 0 Å². The van der Waals surface area contributed by atoms with Crippen LogP contribution in [-0.4, -0.2) is 28.7 Å². The summed E-state index contributed by atoms with van der Waals surface area (Å²) in [4.78, 5) is 42.5. The van der Waals surface area contributed by atoms with Gasteiger partial charge in [0.2, 0.25) is 0 Å². The highest BCUT2D eigenvalue weighted by atomic mass is 35.5. The van der Waals surface area contributed by atoms with Gasteiger partial charge in [0.05, 0.1) is 37.3 Å². The summed E-state index contributed by atoms with van der Waals surface area (Å²) in [5, 5.41) is -0.752. The SMILES string of the molecule is Cc1ccc(N2C(=O)[C@H](N3C(=O)c4c(Cl)c(Cl)c(Cl)c(Cl)c4C3=O)[C@@H]2c2ccc(F)cc2)cc1. The second-order valence-electron chi connectivity index (χ2n) is 7.97. The Morgan fingerprint density at radius 2 is 1.18 bits per heavy atom. The summed E-state index contributed by atoms with van der Waals surface area (Å²) in [7, 11) is 0. The molecule has 2 aliphatic rings. The van der Waals surface area contributed by atoms with Crippen molar-refractivity contribution in [2.75, 3.05) is 4.90 Å². The summed E-state index contributed by atoms with van der Waals surface area (Å²) in [6, 6.07) is 10.7. The van der Waals surface area contributed by atoms with Crippen molar-refractivity contribution in [2.45, 2.75) is 19.0 Å². The fourth-order valence-electron chi connectivity index (χ4n) is 4.33. The highest BCUT2D eigenvalue weighted by Gasteiger charge is 2.58. The van der Waals surface area contributed by atoms with Gasteiger partial charge in [-0.25, -0.2) is 4.39 Å². The number of carbonyl (C=O) groups excluding carboxylic acids is 3. The van der Waals surface area contributed by atoms with E-state index >= 15 is 0 Å². The molecule has 5 nitrogen and oxygen atoms in total. The number of hydrogen-bond acceptors (Lipinski definition) is 3. The minimum absolute atomic E-state index is 0.161. The molecule has 0 aliphatic carbocycles. The number of halogens is 5. The minimum Gasteiger partial charge on any atom is -0.300 e. The number of carbonyl (C=O) groups is 3. The third-order valence-corrected chi connectivity index (χ3v) is 7.80. The van der Waals surface area contributed by atoms with Crippen molar-refractivity contribution in [2.24, 2.45) is 0 Å². The molecule has 2 atom stereocenters. The first kappa shape index (κ1) is 23.1. The molecule has 2 heterocycles. The van der Waals surface area contributed by atoms with Gasteiger partial charge in [0.15, 0.2) is 0 Å². The molecule has 0 unspecified atom stereocenters. The van der Waals surface area contributed by atoms with Gasteiger partial charge in [0.25, 0.3) is 17.7 Å². The first-order valence-electron chi connectivity index (χ1n) is 10.0. The predicted octanol–water partition coefficient (Wildman–Crippen LogP) is 6.50. The largest absolute Gasteiger partial charge is 0.300 e. The molecular weight excluding hydrogens is 525 g/mol. The van der Waals surface area contributed by atoms with E-state index in [1.807, 2.05) is 19.1 Å². The van der Waals surface area contributed by atoms with Crippen molar-refractivity contribution in [3.05, 3.63) is 96.7 Å². The van der Waals surface area contributed by atoms with Crippen LogP contribution in [0.5, 0.6) is 0 Å². The zero-order chi connectivity index (χ0) is 24.5. The number of nitrogens with zero attached hydrogens (tertiary/aromatic N) is 2. The van der Waals surface area contributed by atoms with E-state index in [1.54, 1.807) is 12.1 Å². The van der Waals surface area contributed by atoms with Crippen molar-refractivity contribution in [3.8, 4) is 0 Å². The lowest BCUT2D eigenvalue weighted by atomic mass is 9.86. The zero-order valence-electron chi connectivity index (χ0n) is 17.3. The van der Waals surface area contributed by atoms with Crippen molar-refractivity contribution in [3.63, 3.8) is 0 Å².